The Balaban J connectivity index is 0.988. The summed E-state index contributed by atoms with van der Waals surface area (Å²) in [5.41, 5.74) is -3.85. The van der Waals surface area contributed by atoms with Crippen molar-refractivity contribution >= 4 is 41.1 Å². The number of imide groups is 1. The number of carbonyl (C=O) groups excluding carboxylic acids is 7. The molecule has 6 N–H and O–H groups in total. The highest BCUT2D eigenvalue weighted by Crippen LogP contribution is 2.53. The summed E-state index contributed by atoms with van der Waals surface area (Å²) in [5, 5.41) is 43.7. The molecule has 5 amide bonds. The van der Waals surface area contributed by atoms with Crippen LogP contribution in [-0.4, -0.2) is 162 Å². The maximum Gasteiger partial charge on any atom is 0.252 e. The van der Waals surface area contributed by atoms with Crippen LogP contribution in [0.3, 0.4) is 0 Å². The van der Waals surface area contributed by atoms with E-state index in [1.54, 1.807) is 6.92 Å². The van der Waals surface area contributed by atoms with Gasteiger partial charge in [0.15, 0.2) is 24.6 Å². The van der Waals surface area contributed by atoms with Crippen LogP contribution in [0.25, 0.3) is 0 Å². The lowest BCUT2D eigenvalue weighted by Crippen LogP contribution is -2.55. The zero-order valence-corrected chi connectivity index (χ0v) is 34.7. The average Bonchev–Trinajstić information content (AvgIpc) is 3.76. The number of carbonyl (C=O) groups is 7. The summed E-state index contributed by atoms with van der Waals surface area (Å²) in [6, 6.07) is 4.12. The van der Waals surface area contributed by atoms with E-state index >= 15 is 0 Å². The minimum Gasteiger partial charge on any atom is -0.507 e. The van der Waals surface area contributed by atoms with Crippen molar-refractivity contribution in [2.75, 3.05) is 53.6 Å². The summed E-state index contributed by atoms with van der Waals surface area (Å²) < 4.78 is 43.3. The molecule has 21 nitrogen and oxygen atoms in total. The zero-order chi connectivity index (χ0) is 45.8. The molecule has 2 aromatic carbocycles. The number of morpholine rings is 1. The van der Waals surface area contributed by atoms with E-state index in [0.29, 0.717) is 18.1 Å². The van der Waals surface area contributed by atoms with E-state index in [1.165, 1.54) is 32.4 Å². The molecule has 0 saturated carbocycles. The number of hydrogen-bond acceptors (Lipinski definition) is 17. The summed E-state index contributed by atoms with van der Waals surface area (Å²) in [6.45, 7) is 1.70. The number of nitrogens with zero attached hydrogens (tertiary/aromatic N) is 2. The van der Waals surface area contributed by atoms with Crippen molar-refractivity contribution in [2.24, 2.45) is 0 Å². The molecule has 4 aliphatic heterocycles. The van der Waals surface area contributed by atoms with Crippen molar-refractivity contribution in [3.63, 3.8) is 0 Å². The van der Waals surface area contributed by atoms with Crippen LogP contribution in [0.15, 0.2) is 18.2 Å². The summed E-state index contributed by atoms with van der Waals surface area (Å²) in [4.78, 5) is 93.4. The predicted octanol–water partition coefficient (Wildman–Crippen LogP) is -0.962. The quantitative estimate of drug-likeness (QED) is 0.0685. The topological polar surface area (TPSA) is 278 Å². The van der Waals surface area contributed by atoms with Crippen LogP contribution in [0.5, 0.6) is 17.2 Å². The summed E-state index contributed by atoms with van der Waals surface area (Å²) in [7, 11) is 2.84. The molecule has 9 atom stereocenters. The van der Waals surface area contributed by atoms with E-state index in [-0.39, 0.29) is 72.9 Å². The second kappa shape index (κ2) is 17.5. The van der Waals surface area contributed by atoms with Gasteiger partial charge in [-0.25, -0.2) is 0 Å². The number of phenols is 2. The average molecular weight is 882 g/mol. The number of hydrogen-bond donors (Lipinski definition) is 6. The molecule has 8 rings (SSSR count). The van der Waals surface area contributed by atoms with Crippen molar-refractivity contribution < 1.29 is 78.7 Å². The molecule has 4 fully saturated rings. The Kier molecular flexibility index (Phi) is 11.9. The Labute approximate surface area is 361 Å². The molecule has 0 aromatic heterocycles. The molecule has 338 valence electrons. The molecule has 1 unspecified atom stereocenters. The van der Waals surface area contributed by atoms with Crippen LogP contribution in [0.1, 0.15) is 89.4 Å². The maximum atomic E-state index is 14.2. The number of aromatic hydroxyl groups is 2. The van der Waals surface area contributed by atoms with E-state index in [9.17, 15) is 48.9 Å². The van der Waals surface area contributed by atoms with Gasteiger partial charge in [-0.15, -0.1) is 0 Å². The van der Waals surface area contributed by atoms with E-state index in [2.05, 4.69) is 20.9 Å². The minimum atomic E-state index is -2.34. The summed E-state index contributed by atoms with van der Waals surface area (Å²) in [5.74, 6) is -6.46. The van der Waals surface area contributed by atoms with Crippen molar-refractivity contribution in [1.29, 1.82) is 0 Å². The molecule has 63 heavy (non-hydrogen) atoms. The molecular weight excluding hydrogens is 830 g/mol. The van der Waals surface area contributed by atoms with Gasteiger partial charge in [0.25, 0.3) is 5.91 Å². The molecular formula is C42H49N5O16. The number of likely N-dealkylation sites (tertiary alicyclic amines) is 1. The minimum absolute atomic E-state index is 0.0736. The number of amides is 5. The first-order chi connectivity index (χ1) is 30.6. The van der Waals surface area contributed by atoms with Gasteiger partial charge in [-0.05, 0) is 13.0 Å². The van der Waals surface area contributed by atoms with E-state index in [0.717, 1.165) is 0 Å². The lowest BCUT2D eigenvalue weighted by atomic mass is 9.72. The molecule has 0 bridgehead atoms. The number of aliphatic hydroxyl groups is 1. The molecule has 4 saturated heterocycles. The second-order valence-corrected chi connectivity index (χ2v) is 16.1. The van der Waals surface area contributed by atoms with Crippen molar-refractivity contribution in [3.8, 4) is 17.2 Å². The Bertz CT molecular complexity index is 2290. The number of rotatable bonds is 13. The van der Waals surface area contributed by atoms with Crippen molar-refractivity contribution in [3.05, 3.63) is 51.6 Å². The molecule has 21 heteroatoms. The van der Waals surface area contributed by atoms with Gasteiger partial charge in [0.1, 0.15) is 35.5 Å². The highest BCUT2D eigenvalue weighted by atomic mass is 16.7. The first-order valence-corrected chi connectivity index (χ1v) is 20.6. The van der Waals surface area contributed by atoms with Crippen LogP contribution in [0.4, 0.5) is 0 Å². The summed E-state index contributed by atoms with van der Waals surface area (Å²) in [6.07, 6.45) is -7.17. The predicted molar refractivity (Wildman–Crippen MR) is 211 cm³/mol. The number of nitrogens with one attached hydrogen (secondary N) is 3. The van der Waals surface area contributed by atoms with Crippen LogP contribution in [0.2, 0.25) is 0 Å². The van der Waals surface area contributed by atoms with Crippen LogP contribution < -0.4 is 20.7 Å². The Morgan fingerprint density at radius 1 is 0.952 bits per heavy atom. The first kappa shape index (κ1) is 42.7. The molecule has 6 aliphatic rings. The van der Waals surface area contributed by atoms with Gasteiger partial charge in [0, 0.05) is 95.9 Å². The lowest BCUT2D eigenvalue weighted by Gasteiger charge is -2.43. The molecule has 2 aromatic rings. The largest absolute Gasteiger partial charge is 0.507 e. The van der Waals surface area contributed by atoms with Gasteiger partial charge in [0.05, 0.1) is 42.6 Å². The van der Waals surface area contributed by atoms with Crippen molar-refractivity contribution in [1.82, 2.24) is 25.8 Å². The maximum absolute atomic E-state index is 14.2. The second-order valence-electron chi connectivity index (χ2n) is 16.1. The van der Waals surface area contributed by atoms with Crippen LogP contribution >= 0.6 is 0 Å². The van der Waals surface area contributed by atoms with Gasteiger partial charge >= 0.3 is 0 Å². The highest BCUT2D eigenvalue weighted by Gasteiger charge is 2.55. The number of ketones is 2. The standard InChI is InChI=1S/C42H49N5O16/c1-19-38-22(46-13-14-60-40(59-3)39(46)63-38)15-29(61-19)62-24-17-42(57,41(56)45-12-11-44-25(48)9-10-43-26(49)18-47-27(50)7-8-28(47)51)16-21-31(24)37(55)33-32(35(21)53)34(52)20-5-4-6-23(58-2)30(20)36(33)54/h4-6,19,22,24,29,38-40,53,55,57H,7-18H2,1-3H3,(H,43,49)(H,44,48)(H,45,56)/t19-,22-,24-,29-,38+,39+,40-,42-/m0/s1/i7T/t7?,19-,22-,24-,29-,38+,39+,40-,42-. The van der Waals surface area contributed by atoms with Gasteiger partial charge in [-0.2, -0.15) is 0 Å². The number of phenolic OH excluding ortho intramolecular Hbond substituents is 2. The fraction of sp³-hybridized carbons (Fsp3) is 0.548. The monoisotopic (exact) mass is 881 g/mol. The van der Waals surface area contributed by atoms with Crippen LogP contribution in [0, 0.1) is 0 Å². The van der Waals surface area contributed by atoms with Gasteiger partial charge in [-0.1, -0.05) is 12.1 Å². The molecule has 4 heterocycles. The number of methoxy groups -OCH3 is 2. The highest BCUT2D eigenvalue weighted by molar-refractivity contribution is 6.31. The summed E-state index contributed by atoms with van der Waals surface area (Å²) >= 11 is 0. The number of benzene rings is 2. The first-order valence-electron chi connectivity index (χ1n) is 21.2. The van der Waals surface area contributed by atoms with E-state index < -0.39 is 132 Å². The Morgan fingerprint density at radius 2 is 1.70 bits per heavy atom. The molecule has 0 radical (unpaired) electrons. The van der Waals surface area contributed by atoms with Gasteiger partial charge < -0.3 is 59.7 Å². The van der Waals surface area contributed by atoms with Gasteiger partial charge in [-0.3, -0.25) is 43.4 Å². The van der Waals surface area contributed by atoms with Crippen molar-refractivity contribution in [2.45, 2.75) is 94.2 Å². The molecule has 0 spiro atoms. The third-order valence-electron chi connectivity index (χ3n) is 12.3. The number of fused-ring (bicyclic) bond motifs is 6. The third-order valence-corrected chi connectivity index (χ3v) is 12.3. The van der Waals surface area contributed by atoms with Crippen LogP contribution in [-0.2, 0) is 54.1 Å². The smallest absolute Gasteiger partial charge is 0.252 e. The zero-order valence-electron chi connectivity index (χ0n) is 35.7. The third kappa shape index (κ3) is 8.02. The fourth-order valence-corrected chi connectivity index (χ4v) is 9.33. The Morgan fingerprint density at radius 3 is 2.43 bits per heavy atom. The van der Waals surface area contributed by atoms with E-state index in [1.807, 2.05) is 0 Å². The molecule has 2 aliphatic carbocycles. The lowest BCUT2D eigenvalue weighted by molar-refractivity contribution is -0.256. The fourth-order valence-electron chi connectivity index (χ4n) is 9.33. The SMILES string of the molecule is [3H]C1CC(=O)N(CC(=O)NCCC(=O)NCCNC(=O)[C@]2(O)Cc3c(O)c4c(c(O)c3[C@@H](O[C@H]3C[C@H]5[C@H](O[C@@H]6[C@@H](OC)OCCN65)[C@H](C)O3)C2)C(=O)c2c(OC)cccc2C4=O)C1=O. The normalized spacial score (nSPS) is 30.1. The van der Waals surface area contributed by atoms with E-state index in [4.69, 9.17) is 29.8 Å². The van der Waals surface area contributed by atoms with Gasteiger partial charge in [0.2, 0.25) is 29.4 Å². The number of ether oxygens (including phenoxy) is 6. The Hall–Kier alpha value is -5.55.